The Balaban J connectivity index is 2.20. The summed E-state index contributed by atoms with van der Waals surface area (Å²) in [5.41, 5.74) is -0.109. The summed E-state index contributed by atoms with van der Waals surface area (Å²) >= 11 is 0. The van der Waals surface area contributed by atoms with Gasteiger partial charge < -0.3 is 14.8 Å². The summed E-state index contributed by atoms with van der Waals surface area (Å²) in [4.78, 5) is 12.4. The quantitative estimate of drug-likeness (QED) is 0.876. The van der Waals surface area contributed by atoms with Crippen LogP contribution in [0.15, 0.2) is 42.5 Å². The predicted molar refractivity (Wildman–Crippen MR) is 86.9 cm³/mol. The number of ether oxygens (including phenoxy) is 2. The molecule has 0 bridgehead atoms. The van der Waals surface area contributed by atoms with Crippen LogP contribution < -0.4 is 14.8 Å². The van der Waals surface area contributed by atoms with Crippen molar-refractivity contribution in [2.45, 2.75) is 19.1 Å². The number of hydrogen-bond donors (Lipinski definition) is 1. The topological polar surface area (TPSA) is 47.6 Å². The number of carbonyl (C=O) groups is 1. The summed E-state index contributed by atoms with van der Waals surface area (Å²) in [5, 5.41) is 2.68. The van der Waals surface area contributed by atoms with E-state index >= 15 is 0 Å². The molecule has 0 saturated heterocycles. The molecule has 0 spiro atoms. The van der Waals surface area contributed by atoms with Crippen LogP contribution in [-0.2, 0) is 6.18 Å². The molecule has 0 aliphatic heterocycles. The van der Waals surface area contributed by atoms with Crippen LogP contribution in [0.3, 0.4) is 0 Å². The van der Waals surface area contributed by atoms with E-state index in [-0.39, 0.29) is 5.56 Å². The van der Waals surface area contributed by atoms with Crippen molar-refractivity contribution in [3.63, 3.8) is 0 Å². The highest BCUT2D eigenvalue weighted by Crippen LogP contribution is 2.31. The van der Waals surface area contributed by atoms with Crippen LogP contribution in [0.4, 0.5) is 13.2 Å². The molecule has 1 unspecified atom stereocenters. The van der Waals surface area contributed by atoms with Crippen molar-refractivity contribution in [2.75, 3.05) is 14.2 Å². The molecule has 2 aromatic rings. The molecule has 0 aliphatic carbocycles. The van der Waals surface area contributed by atoms with Crippen molar-refractivity contribution in [2.24, 2.45) is 0 Å². The second kappa shape index (κ2) is 7.46. The Bertz CT molecular complexity index is 737. The number of rotatable bonds is 5. The second-order valence-corrected chi connectivity index (χ2v) is 5.42. The van der Waals surface area contributed by atoms with E-state index < -0.39 is 23.7 Å². The molecule has 25 heavy (non-hydrogen) atoms. The van der Waals surface area contributed by atoms with Gasteiger partial charge in [-0.05, 0) is 36.8 Å². The number of methoxy groups -OCH3 is 2. The van der Waals surface area contributed by atoms with Gasteiger partial charge in [0.1, 0.15) is 11.5 Å². The predicted octanol–water partition coefficient (Wildman–Crippen LogP) is 4.21. The van der Waals surface area contributed by atoms with Crippen LogP contribution >= 0.6 is 0 Å². The number of amides is 1. The van der Waals surface area contributed by atoms with E-state index in [1.165, 1.54) is 38.5 Å². The highest BCUT2D eigenvalue weighted by molar-refractivity contribution is 5.95. The normalized spacial score (nSPS) is 12.4. The van der Waals surface area contributed by atoms with Crippen molar-refractivity contribution >= 4 is 5.91 Å². The summed E-state index contributed by atoms with van der Waals surface area (Å²) in [6, 6.07) is 8.93. The summed E-state index contributed by atoms with van der Waals surface area (Å²) in [6.07, 6.45) is -4.43. The van der Waals surface area contributed by atoms with Crippen molar-refractivity contribution in [3.8, 4) is 11.5 Å². The smallest absolute Gasteiger partial charge is 0.416 e. The van der Waals surface area contributed by atoms with Crippen LogP contribution in [0.2, 0.25) is 0 Å². The van der Waals surface area contributed by atoms with Gasteiger partial charge in [0.05, 0.1) is 25.8 Å². The Morgan fingerprint density at radius 3 is 2.16 bits per heavy atom. The molecule has 0 fully saturated rings. The summed E-state index contributed by atoms with van der Waals surface area (Å²) in [6.45, 7) is 1.62. The highest BCUT2D eigenvalue weighted by Gasteiger charge is 2.30. The molecule has 7 heteroatoms. The molecule has 4 nitrogen and oxygen atoms in total. The molecule has 0 heterocycles. The molecule has 1 amide bonds. The van der Waals surface area contributed by atoms with Gasteiger partial charge in [-0.2, -0.15) is 13.2 Å². The second-order valence-electron chi connectivity index (χ2n) is 5.42. The molecule has 0 aliphatic rings. The average molecular weight is 353 g/mol. The van der Waals surface area contributed by atoms with Gasteiger partial charge in [-0.15, -0.1) is 0 Å². The van der Waals surface area contributed by atoms with Gasteiger partial charge in [0.2, 0.25) is 0 Å². The fourth-order valence-electron chi connectivity index (χ4n) is 2.29. The minimum atomic E-state index is -4.43. The van der Waals surface area contributed by atoms with Crippen LogP contribution in [0.5, 0.6) is 11.5 Å². The Kier molecular flexibility index (Phi) is 5.56. The summed E-state index contributed by atoms with van der Waals surface area (Å²) in [7, 11) is 2.92. The molecule has 2 rings (SSSR count). The van der Waals surface area contributed by atoms with Gasteiger partial charge in [0.25, 0.3) is 5.91 Å². The van der Waals surface area contributed by atoms with Gasteiger partial charge in [-0.25, -0.2) is 0 Å². The molecule has 1 N–H and O–H groups in total. The van der Waals surface area contributed by atoms with Gasteiger partial charge in [-0.1, -0.05) is 12.1 Å². The third-order valence-electron chi connectivity index (χ3n) is 3.68. The van der Waals surface area contributed by atoms with E-state index in [1.54, 1.807) is 13.0 Å². The molecular formula is C18H18F3NO3. The number of alkyl halides is 3. The maximum atomic E-state index is 12.8. The number of carbonyl (C=O) groups excluding carboxylic acids is 1. The zero-order chi connectivity index (χ0) is 18.6. The lowest BCUT2D eigenvalue weighted by atomic mass is 10.0. The van der Waals surface area contributed by atoms with E-state index in [1.807, 2.05) is 0 Å². The minimum Gasteiger partial charge on any atom is -0.497 e. The molecule has 0 aromatic heterocycles. The first kappa shape index (κ1) is 18.6. The first-order chi connectivity index (χ1) is 11.7. The molecule has 2 aromatic carbocycles. The van der Waals surface area contributed by atoms with E-state index in [2.05, 4.69) is 5.32 Å². The fraction of sp³-hybridized carbons (Fsp3) is 0.278. The highest BCUT2D eigenvalue weighted by atomic mass is 19.4. The Hall–Kier alpha value is -2.70. The van der Waals surface area contributed by atoms with E-state index in [4.69, 9.17) is 9.47 Å². The first-order valence-corrected chi connectivity index (χ1v) is 7.45. The van der Waals surface area contributed by atoms with E-state index in [9.17, 15) is 18.0 Å². The third kappa shape index (κ3) is 4.65. The molecule has 0 saturated carbocycles. The summed E-state index contributed by atoms with van der Waals surface area (Å²) < 4.78 is 48.6. The van der Waals surface area contributed by atoms with Gasteiger partial charge in [-0.3, -0.25) is 4.79 Å². The van der Waals surface area contributed by atoms with E-state index in [0.717, 1.165) is 12.1 Å². The third-order valence-corrected chi connectivity index (χ3v) is 3.68. The van der Waals surface area contributed by atoms with Crippen LogP contribution in [0.1, 0.15) is 34.5 Å². The van der Waals surface area contributed by atoms with Gasteiger partial charge >= 0.3 is 6.18 Å². The number of hydrogen-bond acceptors (Lipinski definition) is 3. The lowest BCUT2D eigenvalue weighted by molar-refractivity contribution is -0.137. The van der Waals surface area contributed by atoms with Crippen molar-refractivity contribution in [3.05, 3.63) is 59.2 Å². The standard InChI is InChI=1S/C18H18F3NO3/c1-11(12-5-4-6-14(7-12)18(19,20)21)22-17(23)13-8-15(24-2)10-16(9-13)25-3/h4-11H,1-3H3,(H,22,23). The Morgan fingerprint density at radius 2 is 1.64 bits per heavy atom. The maximum absolute atomic E-state index is 12.8. The van der Waals surface area contributed by atoms with Crippen LogP contribution in [-0.4, -0.2) is 20.1 Å². The minimum absolute atomic E-state index is 0.287. The average Bonchev–Trinajstić information content (AvgIpc) is 2.60. The molecule has 134 valence electrons. The molecular weight excluding hydrogens is 335 g/mol. The van der Waals surface area contributed by atoms with Gasteiger partial charge in [0.15, 0.2) is 0 Å². The molecule has 1 atom stereocenters. The largest absolute Gasteiger partial charge is 0.497 e. The zero-order valence-electron chi connectivity index (χ0n) is 14.0. The zero-order valence-corrected chi connectivity index (χ0v) is 14.0. The monoisotopic (exact) mass is 353 g/mol. The van der Waals surface area contributed by atoms with Crippen LogP contribution in [0.25, 0.3) is 0 Å². The molecule has 0 radical (unpaired) electrons. The maximum Gasteiger partial charge on any atom is 0.416 e. The lowest BCUT2D eigenvalue weighted by Crippen LogP contribution is -2.27. The number of nitrogens with one attached hydrogen (secondary N) is 1. The van der Waals surface area contributed by atoms with E-state index in [0.29, 0.717) is 17.1 Å². The van der Waals surface area contributed by atoms with Crippen molar-refractivity contribution in [1.29, 1.82) is 0 Å². The Morgan fingerprint density at radius 1 is 1.04 bits per heavy atom. The van der Waals surface area contributed by atoms with Crippen LogP contribution in [0, 0.1) is 0 Å². The van der Waals surface area contributed by atoms with Gasteiger partial charge in [0, 0.05) is 11.6 Å². The number of benzene rings is 2. The lowest BCUT2D eigenvalue weighted by Gasteiger charge is -2.17. The first-order valence-electron chi connectivity index (χ1n) is 7.45. The fourth-order valence-corrected chi connectivity index (χ4v) is 2.29. The SMILES string of the molecule is COc1cc(OC)cc(C(=O)NC(C)c2cccc(C(F)(F)F)c2)c1. The van der Waals surface area contributed by atoms with Crippen molar-refractivity contribution < 1.29 is 27.4 Å². The number of halogens is 3. The van der Waals surface area contributed by atoms with Crippen molar-refractivity contribution in [1.82, 2.24) is 5.32 Å². The summed E-state index contributed by atoms with van der Waals surface area (Å²) in [5.74, 6) is 0.439. The Labute approximate surface area is 143 Å².